The Morgan fingerprint density at radius 3 is 2.53 bits per heavy atom. The van der Waals surface area contributed by atoms with Gasteiger partial charge in [-0.15, -0.1) is 0 Å². The predicted molar refractivity (Wildman–Crippen MR) is 129 cm³/mol. The van der Waals surface area contributed by atoms with Crippen molar-refractivity contribution in [2.75, 3.05) is 33.4 Å². The van der Waals surface area contributed by atoms with Crippen LogP contribution >= 0.6 is 0 Å². The SMILES string of the molecule is CCCc1ccc([C@](O)(c2cncc(-c3nc(C4CCOCC4)no3)c2)C2(C)CN(C)C2)cc1. The first kappa shape index (κ1) is 23.1. The lowest BCUT2D eigenvalue weighted by Crippen LogP contribution is -2.63. The highest BCUT2D eigenvalue weighted by atomic mass is 16.5. The van der Waals surface area contributed by atoms with Crippen LogP contribution in [-0.2, 0) is 16.8 Å². The fraction of sp³-hybridized carbons (Fsp3) is 0.519. The molecule has 0 unspecified atom stereocenters. The van der Waals surface area contributed by atoms with E-state index in [2.05, 4.69) is 65.2 Å². The normalized spacial score (nSPS) is 20.6. The van der Waals surface area contributed by atoms with E-state index in [9.17, 15) is 5.11 Å². The van der Waals surface area contributed by atoms with Crippen molar-refractivity contribution in [3.63, 3.8) is 0 Å². The molecule has 7 nitrogen and oxygen atoms in total. The summed E-state index contributed by atoms with van der Waals surface area (Å²) >= 11 is 0. The van der Waals surface area contributed by atoms with Crippen LogP contribution in [0, 0.1) is 5.41 Å². The van der Waals surface area contributed by atoms with Crippen molar-refractivity contribution in [2.45, 2.75) is 51.0 Å². The molecule has 180 valence electrons. The Labute approximate surface area is 201 Å². The number of rotatable bonds is 7. The lowest BCUT2D eigenvalue weighted by Gasteiger charge is -2.55. The molecule has 2 aliphatic heterocycles. The quantitative estimate of drug-likeness (QED) is 0.564. The minimum absolute atomic E-state index is 0.255. The van der Waals surface area contributed by atoms with Gasteiger partial charge in [-0.05, 0) is 43.5 Å². The molecule has 0 aliphatic carbocycles. The first-order valence-electron chi connectivity index (χ1n) is 12.3. The minimum atomic E-state index is -1.20. The van der Waals surface area contributed by atoms with Gasteiger partial charge in [-0.3, -0.25) is 4.98 Å². The standard InChI is InChI=1S/C27H34N4O3/c1-4-5-19-6-8-22(9-7-19)27(32,26(2)17-31(3)18-26)23-14-21(15-28-16-23)25-29-24(30-34-25)20-10-12-33-13-11-20/h6-9,14-16,20,32H,4-5,10-13,17-18H2,1-3H3/t27-/m0/s1. The van der Waals surface area contributed by atoms with E-state index in [1.807, 2.05) is 6.07 Å². The van der Waals surface area contributed by atoms with Gasteiger partial charge in [-0.1, -0.05) is 49.7 Å². The second-order valence-electron chi connectivity index (χ2n) is 10.2. The average Bonchev–Trinajstić information content (AvgIpc) is 3.34. The van der Waals surface area contributed by atoms with Gasteiger partial charge in [-0.2, -0.15) is 4.98 Å². The van der Waals surface area contributed by atoms with E-state index in [4.69, 9.17) is 9.26 Å². The van der Waals surface area contributed by atoms with Gasteiger partial charge in [0.05, 0.1) is 5.56 Å². The van der Waals surface area contributed by atoms with E-state index >= 15 is 0 Å². The predicted octanol–water partition coefficient (Wildman–Crippen LogP) is 4.17. The average molecular weight is 463 g/mol. The highest BCUT2D eigenvalue weighted by Crippen LogP contribution is 2.50. The number of likely N-dealkylation sites (tertiary alicyclic amines) is 1. The third-order valence-corrected chi connectivity index (χ3v) is 7.45. The summed E-state index contributed by atoms with van der Waals surface area (Å²) in [6.07, 6.45) is 7.42. The summed E-state index contributed by atoms with van der Waals surface area (Å²) < 4.78 is 11.1. The van der Waals surface area contributed by atoms with Crippen molar-refractivity contribution >= 4 is 0 Å². The molecule has 3 aromatic rings. The van der Waals surface area contributed by atoms with Gasteiger partial charge in [0.2, 0.25) is 0 Å². The smallest absolute Gasteiger partial charge is 0.259 e. The molecule has 7 heteroatoms. The molecule has 2 saturated heterocycles. The summed E-state index contributed by atoms with van der Waals surface area (Å²) in [6, 6.07) is 10.3. The maximum Gasteiger partial charge on any atom is 0.259 e. The number of aliphatic hydroxyl groups is 1. The monoisotopic (exact) mass is 462 g/mol. The fourth-order valence-electron chi connectivity index (χ4n) is 5.67. The Bertz CT molecular complexity index is 1120. The number of ether oxygens (including phenoxy) is 1. The number of aromatic nitrogens is 3. The van der Waals surface area contributed by atoms with E-state index < -0.39 is 5.60 Å². The molecule has 1 N–H and O–H groups in total. The van der Waals surface area contributed by atoms with Gasteiger partial charge >= 0.3 is 0 Å². The van der Waals surface area contributed by atoms with Crippen molar-refractivity contribution in [1.29, 1.82) is 0 Å². The Kier molecular flexibility index (Phi) is 6.27. The van der Waals surface area contributed by atoms with Gasteiger partial charge in [0.15, 0.2) is 5.82 Å². The summed E-state index contributed by atoms with van der Waals surface area (Å²) in [5.41, 5.74) is 2.08. The molecule has 34 heavy (non-hydrogen) atoms. The number of pyridine rings is 1. The lowest BCUT2D eigenvalue weighted by atomic mass is 9.62. The first-order valence-corrected chi connectivity index (χ1v) is 12.3. The summed E-state index contributed by atoms with van der Waals surface area (Å²) in [5, 5.41) is 16.6. The molecular formula is C27H34N4O3. The summed E-state index contributed by atoms with van der Waals surface area (Å²) in [4.78, 5) is 11.4. The number of hydrogen-bond acceptors (Lipinski definition) is 7. The zero-order chi connectivity index (χ0) is 23.8. The van der Waals surface area contributed by atoms with Crippen LogP contribution in [-0.4, -0.2) is 58.5 Å². The molecule has 2 fully saturated rings. The van der Waals surface area contributed by atoms with Gasteiger partial charge in [-0.25, -0.2) is 0 Å². The maximum absolute atomic E-state index is 12.4. The highest BCUT2D eigenvalue weighted by molar-refractivity contribution is 5.55. The van der Waals surface area contributed by atoms with Crippen LogP contribution in [0.1, 0.15) is 61.5 Å². The van der Waals surface area contributed by atoms with Crippen LogP contribution < -0.4 is 0 Å². The van der Waals surface area contributed by atoms with Gasteiger partial charge in [0, 0.05) is 55.6 Å². The number of nitrogens with zero attached hydrogens (tertiary/aromatic N) is 4. The van der Waals surface area contributed by atoms with Crippen molar-refractivity contribution in [3.05, 3.63) is 65.2 Å². The van der Waals surface area contributed by atoms with Crippen molar-refractivity contribution in [2.24, 2.45) is 5.41 Å². The molecule has 5 rings (SSSR count). The topological polar surface area (TPSA) is 84.5 Å². The highest BCUT2D eigenvalue weighted by Gasteiger charge is 2.55. The molecule has 0 spiro atoms. The molecule has 1 aromatic carbocycles. The molecule has 0 amide bonds. The molecule has 4 heterocycles. The van der Waals surface area contributed by atoms with Crippen molar-refractivity contribution in [3.8, 4) is 11.5 Å². The Morgan fingerprint density at radius 1 is 1.12 bits per heavy atom. The number of aryl methyl sites for hydroxylation is 1. The Morgan fingerprint density at radius 2 is 1.85 bits per heavy atom. The van der Waals surface area contributed by atoms with Crippen LogP contribution in [0.4, 0.5) is 0 Å². The second kappa shape index (κ2) is 9.21. The molecule has 2 aromatic heterocycles. The number of hydrogen-bond donors (Lipinski definition) is 1. The molecule has 0 saturated carbocycles. The van der Waals surface area contributed by atoms with E-state index in [-0.39, 0.29) is 11.3 Å². The van der Waals surface area contributed by atoms with E-state index in [1.165, 1.54) is 5.56 Å². The molecule has 0 radical (unpaired) electrons. The van der Waals surface area contributed by atoms with Crippen molar-refractivity contribution < 1.29 is 14.4 Å². The molecule has 2 aliphatic rings. The van der Waals surface area contributed by atoms with Crippen LogP contribution in [0.3, 0.4) is 0 Å². The van der Waals surface area contributed by atoms with Crippen LogP contribution in [0.15, 0.2) is 47.2 Å². The summed E-state index contributed by atoms with van der Waals surface area (Å²) in [5.74, 6) is 1.41. The van der Waals surface area contributed by atoms with Crippen LogP contribution in [0.5, 0.6) is 0 Å². The maximum atomic E-state index is 12.4. The summed E-state index contributed by atoms with van der Waals surface area (Å²) in [6.45, 7) is 7.36. The summed E-state index contributed by atoms with van der Waals surface area (Å²) in [7, 11) is 2.08. The second-order valence-corrected chi connectivity index (χ2v) is 10.2. The van der Waals surface area contributed by atoms with Gasteiger partial charge < -0.3 is 19.3 Å². The van der Waals surface area contributed by atoms with Gasteiger partial charge in [0.1, 0.15) is 5.60 Å². The molecular weight excluding hydrogens is 428 g/mol. The number of benzene rings is 1. The fourth-order valence-corrected chi connectivity index (χ4v) is 5.67. The zero-order valence-electron chi connectivity index (χ0n) is 20.3. The minimum Gasteiger partial charge on any atom is -0.381 e. The Hall–Kier alpha value is -2.61. The van der Waals surface area contributed by atoms with E-state index in [0.717, 1.165) is 74.5 Å². The third-order valence-electron chi connectivity index (χ3n) is 7.45. The molecule has 1 atom stereocenters. The lowest BCUT2D eigenvalue weighted by molar-refractivity contribution is -0.127. The van der Waals surface area contributed by atoms with E-state index in [1.54, 1.807) is 12.4 Å². The first-order chi connectivity index (χ1) is 16.4. The zero-order valence-corrected chi connectivity index (χ0v) is 20.3. The molecule has 0 bridgehead atoms. The Balaban J connectivity index is 1.51. The van der Waals surface area contributed by atoms with Crippen LogP contribution in [0.25, 0.3) is 11.5 Å². The third kappa shape index (κ3) is 4.06. The largest absolute Gasteiger partial charge is 0.381 e. The van der Waals surface area contributed by atoms with Crippen molar-refractivity contribution in [1.82, 2.24) is 20.0 Å². The van der Waals surface area contributed by atoms with E-state index in [0.29, 0.717) is 5.89 Å². The van der Waals surface area contributed by atoms with Crippen LogP contribution in [0.2, 0.25) is 0 Å². The van der Waals surface area contributed by atoms with Gasteiger partial charge in [0.25, 0.3) is 5.89 Å².